The molecule has 3 rings (SSSR count). The number of ether oxygens (including phenoxy) is 2. The van der Waals surface area contributed by atoms with Crippen molar-refractivity contribution in [1.82, 2.24) is 0 Å². The van der Waals surface area contributed by atoms with Crippen molar-refractivity contribution in [2.24, 2.45) is 0 Å². The second kappa shape index (κ2) is 16.0. The third kappa shape index (κ3) is 8.69. The molecule has 0 aliphatic rings. The maximum atomic E-state index is 8.87. The second-order valence-electron chi connectivity index (χ2n) is 9.31. The summed E-state index contributed by atoms with van der Waals surface area (Å²) in [6.07, 6.45) is 6.10. The summed E-state index contributed by atoms with van der Waals surface area (Å²) in [6, 6.07) is 25.5. The number of aliphatic hydroxyl groups is 2. The molecule has 0 aliphatic heterocycles. The van der Waals surface area contributed by atoms with Crippen LogP contribution < -0.4 is 9.47 Å². The van der Waals surface area contributed by atoms with Crippen molar-refractivity contribution in [3.63, 3.8) is 0 Å². The zero-order valence-electron chi connectivity index (χ0n) is 22.5. The van der Waals surface area contributed by atoms with Crippen molar-refractivity contribution in [3.8, 4) is 11.5 Å². The van der Waals surface area contributed by atoms with E-state index in [0.29, 0.717) is 13.2 Å². The van der Waals surface area contributed by atoms with E-state index in [9.17, 15) is 0 Å². The summed E-state index contributed by atoms with van der Waals surface area (Å²) in [5, 5.41) is 17.1. The van der Waals surface area contributed by atoms with Crippen molar-refractivity contribution >= 4 is 0 Å². The smallest absolute Gasteiger partial charge is 0.119 e. The molecule has 0 saturated heterocycles. The van der Waals surface area contributed by atoms with E-state index >= 15 is 0 Å². The molecule has 3 aromatic carbocycles. The van der Waals surface area contributed by atoms with Crippen molar-refractivity contribution in [2.45, 2.75) is 64.7 Å². The number of aliphatic hydroxyl groups excluding tert-OH is 2. The summed E-state index contributed by atoms with van der Waals surface area (Å²) in [5.41, 5.74) is 4.63. The van der Waals surface area contributed by atoms with Crippen LogP contribution in [0.4, 0.5) is 0 Å². The van der Waals surface area contributed by atoms with Gasteiger partial charge in [0.25, 0.3) is 0 Å². The molecule has 0 fully saturated rings. The molecule has 0 bridgehead atoms. The fourth-order valence-electron chi connectivity index (χ4n) is 4.14. The van der Waals surface area contributed by atoms with Crippen LogP contribution in [-0.4, -0.2) is 37.1 Å². The topological polar surface area (TPSA) is 58.9 Å². The standard InChI is InChI=1S/C27H32O3.C5H12O/c1-21-7-9-22(10-8-21)27(2,23-11-15-25(29-3)16-12-23)24-13-17-26(18-14-24)30-20-6-4-5-19-28;1-2-3-4-5-6/h7-18,28H,4-6,19-20H2,1-3H3;6H,2-5H2,1H3. The molecule has 1 atom stereocenters. The van der Waals surface area contributed by atoms with Gasteiger partial charge in [-0.15, -0.1) is 0 Å². The quantitative estimate of drug-likeness (QED) is 0.198. The minimum absolute atomic E-state index is 0.248. The Hall–Kier alpha value is -2.82. The van der Waals surface area contributed by atoms with Crippen molar-refractivity contribution < 1.29 is 19.7 Å². The highest BCUT2D eigenvalue weighted by molar-refractivity contribution is 5.51. The highest BCUT2D eigenvalue weighted by Crippen LogP contribution is 2.40. The van der Waals surface area contributed by atoms with E-state index in [-0.39, 0.29) is 12.0 Å². The molecule has 0 aromatic heterocycles. The number of benzene rings is 3. The molecule has 1 unspecified atom stereocenters. The molecule has 3 aromatic rings. The van der Waals surface area contributed by atoms with Gasteiger partial charge in [0.2, 0.25) is 0 Å². The Labute approximate surface area is 217 Å². The first-order valence-corrected chi connectivity index (χ1v) is 13.2. The summed E-state index contributed by atoms with van der Waals surface area (Å²) < 4.78 is 11.2. The Morgan fingerprint density at radius 2 is 1.11 bits per heavy atom. The molecule has 2 N–H and O–H groups in total. The summed E-state index contributed by atoms with van der Waals surface area (Å²) in [7, 11) is 1.69. The van der Waals surface area contributed by atoms with E-state index in [1.807, 2.05) is 12.1 Å². The third-order valence-corrected chi connectivity index (χ3v) is 6.56. The minimum atomic E-state index is -0.292. The lowest BCUT2D eigenvalue weighted by molar-refractivity contribution is 0.266. The number of hydrogen-bond acceptors (Lipinski definition) is 4. The summed E-state index contributed by atoms with van der Waals surface area (Å²) >= 11 is 0. The van der Waals surface area contributed by atoms with Gasteiger partial charge in [-0.1, -0.05) is 73.9 Å². The Kier molecular flexibility index (Phi) is 13.1. The first-order chi connectivity index (χ1) is 17.5. The summed E-state index contributed by atoms with van der Waals surface area (Å²) in [6.45, 7) is 7.78. The molecule has 0 spiro atoms. The van der Waals surface area contributed by atoms with Crippen LogP contribution in [0.2, 0.25) is 0 Å². The highest BCUT2D eigenvalue weighted by atomic mass is 16.5. The van der Waals surface area contributed by atoms with Crippen LogP contribution in [0, 0.1) is 6.92 Å². The van der Waals surface area contributed by atoms with E-state index < -0.39 is 0 Å². The van der Waals surface area contributed by atoms with Gasteiger partial charge in [0.1, 0.15) is 11.5 Å². The number of methoxy groups -OCH3 is 1. The van der Waals surface area contributed by atoms with Crippen LogP contribution in [0.1, 0.15) is 74.6 Å². The molecular weight excluding hydrogens is 448 g/mol. The van der Waals surface area contributed by atoms with Crippen molar-refractivity contribution in [3.05, 3.63) is 95.1 Å². The van der Waals surface area contributed by atoms with Crippen LogP contribution in [-0.2, 0) is 5.41 Å². The molecule has 4 heteroatoms. The van der Waals surface area contributed by atoms with Gasteiger partial charge in [-0.05, 0) is 80.5 Å². The fraction of sp³-hybridized carbons (Fsp3) is 0.438. The van der Waals surface area contributed by atoms with Gasteiger partial charge < -0.3 is 19.7 Å². The lowest BCUT2D eigenvalue weighted by Crippen LogP contribution is -2.25. The molecule has 4 nitrogen and oxygen atoms in total. The van der Waals surface area contributed by atoms with Gasteiger partial charge in [-0.3, -0.25) is 0 Å². The van der Waals surface area contributed by atoms with E-state index in [2.05, 4.69) is 81.4 Å². The maximum absolute atomic E-state index is 8.87. The van der Waals surface area contributed by atoms with Gasteiger partial charge in [0, 0.05) is 18.6 Å². The molecule has 0 heterocycles. The molecule has 0 amide bonds. The van der Waals surface area contributed by atoms with Gasteiger partial charge in [0.15, 0.2) is 0 Å². The van der Waals surface area contributed by atoms with Gasteiger partial charge in [-0.2, -0.15) is 0 Å². The van der Waals surface area contributed by atoms with E-state index in [0.717, 1.165) is 43.6 Å². The van der Waals surface area contributed by atoms with E-state index in [1.165, 1.54) is 28.7 Å². The first kappa shape index (κ1) is 29.4. The van der Waals surface area contributed by atoms with Gasteiger partial charge in [0.05, 0.1) is 13.7 Å². The summed E-state index contributed by atoms with van der Waals surface area (Å²) in [4.78, 5) is 0. The second-order valence-corrected chi connectivity index (χ2v) is 9.31. The van der Waals surface area contributed by atoms with Gasteiger partial charge in [-0.25, -0.2) is 0 Å². The zero-order valence-corrected chi connectivity index (χ0v) is 22.5. The summed E-state index contributed by atoms with van der Waals surface area (Å²) in [5.74, 6) is 1.73. The number of rotatable bonds is 13. The van der Waals surface area contributed by atoms with Crippen LogP contribution in [0.15, 0.2) is 72.8 Å². The van der Waals surface area contributed by atoms with Crippen LogP contribution >= 0.6 is 0 Å². The molecule has 0 radical (unpaired) electrons. The Morgan fingerprint density at radius 1 is 0.639 bits per heavy atom. The maximum Gasteiger partial charge on any atom is 0.119 e. The number of aryl methyl sites for hydroxylation is 1. The lowest BCUT2D eigenvalue weighted by atomic mass is 9.71. The normalized spacial score (nSPS) is 12.3. The lowest BCUT2D eigenvalue weighted by Gasteiger charge is -2.32. The van der Waals surface area contributed by atoms with Crippen molar-refractivity contribution in [1.29, 1.82) is 0 Å². The van der Waals surface area contributed by atoms with E-state index in [4.69, 9.17) is 19.7 Å². The van der Waals surface area contributed by atoms with Crippen LogP contribution in [0.25, 0.3) is 0 Å². The number of unbranched alkanes of at least 4 members (excludes halogenated alkanes) is 4. The third-order valence-electron chi connectivity index (χ3n) is 6.56. The zero-order chi connectivity index (χ0) is 26.2. The molecule has 196 valence electrons. The Morgan fingerprint density at radius 3 is 1.56 bits per heavy atom. The molecular formula is C32H44O4. The minimum Gasteiger partial charge on any atom is -0.497 e. The fourth-order valence-corrected chi connectivity index (χ4v) is 4.14. The molecule has 0 aliphatic carbocycles. The van der Waals surface area contributed by atoms with Gasteiger partial charge >= 0.3 is 0 Å². The SMILES string of the molecule is CCCCCO.COc1ccc(C(C)(c2ccc(C)cc2)c2ccc(OCCCCCO)cc2)cc1. The monoisotopic (exact) mass is 492 g/mol. The largest absolute Gasteiger partial charge is 0.497 e. The molecule has 0 saturated carbocycles. The van der Waals surface area contributed by atoms with E-state index in [1.54, 1.807) is 7.11 Å². The highest BCUT2D eigenvalue weighted by Gasteiger charge is 2.31. The predicted molar refractivity (Wildman–Crippen MR) is 149 cm³/mol. The van der Waals surface area contributed by atoms with Crippen LogP contribution in [0.5, 0.6) is 11.5 Å². The number of hydrogen-bond donors (Lipinski definition) is 2. The van der Waals surface area contributed by atoms with Crippen LogP contribution in [0.3, 0.4) is 0 Å². The van der Waals surface area contributed by atoms with Crippen molar-refractivity contribution in [2.75, 3.05) is 26.9 Å². The Balaban J connectivity index is 0.000000678. The molecule has 36 heavy (non-hydrogen) atoms. The first-order valence-electron chi connectivity index (χ1n) is 13.2. The Bertz CT molecular complexity index is 961. The average molecular weight is 493 g/mol. The predicted octanol–water partition coefficient (Wildman–Crippen LogP) is 7.07. The average Bonchev–Trinajstić information content (AvgIpc) is 2.92.